The molecule has 1 unspecified atom stereocenters. The monoisotopic (exact) mass is 494 g/mol. The average Bonchev–Trinajstić information content (AvgIpc) is 2.93. The van der Waals surface area contributed by atoms with Gasteiger partial charge >= 0.3 is 19.3 Å². The first-order valence-corrected chi connectivity index (χ1v) is 11.1. The van der Waals surface area contributed by atoms with Crippen molar-refractivity contribution in [2.45, 2.75) is 77.7 Å². The fraction of sp³-hybridized carbons (Fsp3) is 0.480. The first kappa shape index (κ1) is 27.0. The number of carbonyl (C=O) groups excluding carboxylic acids is 1. The summed E-state index contributed by atoms with van der Waals surface area (Å²) < 4.78 is 63.8. The number of aliphatic hydroxyl groups is 1. The predicted octanol–water partition coefficient (Wildman–Crippen LogP) is 5.03. The average molecular weight is 494 g/mol. The molecule has 2 aromatic carbocycles. The topological polar surface area (TPSA) is 74.2 Å². The van der Waals surface area contributed by atoms with Crippen LogP contribution in [0.4, 0.5) is 13.2 Å². The summed E-state index contributed by atoms with van der Waals surface area (Å²) in [5.41, 5.74) is -3.69. The molecule has 3 rings (SSSR count). The number of halogens is 3. The van der Waals surface area contributed by atoms with E-state index in [2.05, 4.69) is 0 Å². The molecule has 0 aromatic heterocycles. The van der Waals surface area contributed by atoms with Crippen molar-refractivity contribution in [3.05, 3.63) is 59.2 Å². The van der Waals surface area contributed by atoms with Gasteiger partial charge in [0.25, 0.3) is 0 Å². The van der Waals surface area contributed by atoms with Crippen LogP contribution in [0.2, 0.25) is 0 Å². The second-order valence-corrected chi connectivity index (χ2v) is 10.4. The van der Waals surface area contributed by atoms with E-state index in [0.29, 0.717) is 5.46 Å². The zero-order valence-corrected chi connectivity index (χ0v) is 20.8. The number of rotatable bonds is 5. The minimum Gasteiger partial charge on any atom is -0.461 e. The highest BCUT2D eigenvalue weighted by molar-refractivity contribution is 6.62. The fourth-order valence-electron chi connectivity index (χ4n) is 3.46. The van der Waals surface area contributed by atoms with Gasteiger partial charge in [0.1, 0.15) is 11.4 Å². The van der Waals surface area contributed by atoms with Crippen LogP contribution in [-0.2, 0) is 20.2 Å². The lowest BCUT2D eigenvalue weighted by Crippen LogP contribution is -2.41. The predicted molar refractivity (Wildman–Crippen MR) is 124 cm³/mol. The van der Waals surface area contributed by atoms with E-state index in [1.54, 1.807) is 32.9 Å². The maximum atomic E-state index is 13.7. The van der Waals surface area contributed by atoms with E-state index in [9.17, 15) is 23.1 Å². The second-order valence-electron chi connectivity index (χ2n) is 10.4. The van der Waals surface area contributed by atoms with Gasteiger partial charge in [-0.25, -0.2) is 4.79 Å². The van der Waals surface area contributed by atoms with Crippen molar-refractivity contribution >= 4 is 18.6 Å². The van der Waals surface area contributed by atoms with E-state index in [4.69, 9.17) is 18.8 Å². The lowest BCUT2D eigenvalue weighted by Gasteiger charge is -2.32. The molecule has 10 heteroatoms. The number of aliphatic hydroxyl groups excluding tert-OH is 1. The van der Waals surface area contributed by atoms with Gasteiger partial charge in [0.05, 0.1) is 22.3 Å². The van der Waals surface area contributed by atoms with Crippen molar-refractivity contribution in [1.82, 2.24) is 0 Å². The Labute approximate surface area is 203 Å². The molecule has 1 aliphatic rings. The highest BCUT2D eigenvalue weighted by Gasteiger charge is 2.51. The molecular formula is C25H30BF3O6. The molecule has 1 saturated heterocycles. The number of alkyl halides is 3. The van der Waals surface area contributed by atoms with Crippen molar-refractivity contribution in [2.24, 2.45) is 0 Å². The van der Waals surface area contributed by atoms with Gasteiger partial charge in [-0.1, -0.05) is 18.2 Å². The molecule has 0 amide bonds. The third-order valence-electron chi connectivity index (χ3n) is 5.93. The Morgan fingerprint density at radius 2 is 1.51 bits per heavy atom. The van der Waals surface area contributed by atoms with E-state index in [1.165, 1.54) is 12.1 Å². The number of benzene rings is 2. The van der Waals surface area contributed by atoms with Crippen LogP contribution >= 0.6 is 0 Å². The second kappa shape index (κ2) is 9.15. The summed E-state index contributed by atoms with van der Waals surface area (Å²) in [6.07, 6.45) is -6.92. The summed E-state index contributed by atoms with van der Waals surface area (Å²) in [6.45, 7) is 12.4. The molecule has 1 N–H and O–H groups in total. The lowest BCUT2D eigenvalue weighted by atomic mass is 9.79. The summed E-state index contributed by atoms with van der Waals surface area (Å²) >= 11 is 0. The Morgan fingerprint density at radius 1 is 0.971 bits per heavy atom. The highest BCUT2D eigenvalue weighted by Crippen LogP contribution is 2.38. The molecule has 0 spiro atoms. The minimum absolute atomic E-state index is 0.0879. The Balaban J connectivity index is 1.88. The van der Waals surface area contributed by atoms with Gasteiger partial charge < -0.3 is 23.9 Å². The van der Waals surface area contributed by atoms with E-state index >= 15 is 0 Å². The molecule has 35 heavy (non-hydrogen) atoms. The normalized spacial score (nSPS) is 18.3. The zero-order valence-electron chi connectivity index (χ0n) is 20.8. The zero-order chi connectivity index (χ0) is 26.4. The summed E-state index contributed by atoms with van der Waals surface area (Å²) in [7, 11) is -0.635. The van der Waals surface area contributed by atoms with E-state index in [0.717, 1.165) is 18.2 Å². The van der Waals surface area contributed by atoms with Crippen LogP contribution in [0.1, 0.15) is 76.2 Å². The Kier molecular flexibility index (Phi) is 7.07. The molecular weight excluding hydrogens is 464 g/mol. The van der Waals surface area contributed by atoms with Gasteiger partial charge in [-0.05, 0) is 78.2 Å². The molecule has 190 valence electrons. The smallest absolute Gasteiger partial charge is 0.461 e. The maximum Gasteiger partial charge on any atom is 0.494 e. The largest absolute Gasteiger partial charge is 0.494 e. The van der Waals surface area contributed by atoms with Gasteiger partial charge in [-0.2, -0.15) is 13.2 Å². The van der Waals surface area contributed by atoms with E-state index < -0.39 is 59.0 Å². The molecule has 2 aromatic rings. The van der Waals surface area contributed by atoms with Gasteiger partial charge in [0, 0.05) is 5.56 Å². The highest BCUT2D eigenvalue weighted by atomic mass is 19.4. The van der Waals surface area contributed by atoms with Crippen LogP contribution in [0, 0.1) is 0 Å². The number of carbonyl (C=O) groups is 1. The Morgan fingerprint density at radius 3 is 2.00 bits per heavy atom. The van der Waals surface area contributed by atoms with Crippen LogP contribution in [-0.4, -0.2) is 35.0 Å². The van der Waals surface area contributed by atoms with E-state index in [1.807, 2.05) is 27.7 Å². The van der Waals surface area contributed by atoms with Crippen molar-refractivity contribution in [3.63, 3.8) is 0 Å². The quantitative estimate of drug-likeness (QED) is 0.357. The molecule has 1 heterocycles. The molecule has 1 aliphatic heterocycles. The molecule has 0 bridgehead atoms. The van der Waals surface area contributed by atoms with Gasteiger partial charge in [0.2, 0.25) is 6.29 Å². The van der Waals surface area contributed by atoms with Crippen molar-refractivity contribution < 1.29 is 41.9 Å². The lowest BCUT2D eigenvalue weighted by molar-refractivity contribution is -0.141. The molecule has 0 aliphatic carbocycles. The van der Waals surface area contributed by atoms with Crippen LogP contribution in [0.3, 0.4) is 0 Å². The summed E-state index contributed by atoms with van der Waals surface area (Å²) in [4.78, 5) is 12.6. The molecule has 0 radical (unpaired) electrons. The molecule has 6 nitrogen and oxygen atoms in total. The van der Waals surface area contributed by atoms with Gasteiger partial charge in [0.15, 0.2) is 0 Å². The molecule has 0 saturated carbocycles. The van der Waals surface area contributed by atoms with Crippen LogP contribution in [0.25, 0.3) is 0 Å². The van der Waals surface area contributed by atoms with Crippen molar-refractivity contribution in [3.8, 4) is 5.75 Å². The number of esters is 1. The van der Waals surface area contributed by atoms with Crippen LogP contribution in [0.5, 0.6) is 5.75 Å². The fourth-order valence-corrected chi connectivity index (χ4v) is 3.46. The maximum absolute atomic E-state index is 13.7. The first-order chi connectivity index (χ1) is 15.9. The number of hydrogen-bond donors (Lipinski definition) is 1. The van der Waals surface area contributed by atoms with Crippen LogP contribution in [0.15, 0.2) is 42.5 Å². The summed E-state index contributed by atoms with van der Waals surface area (Å²) in [5, 5.41) is 10.7. The van der Waals surface area contributed by atoms with Gasteiger partial charge in [-0.15, -0.1) is 0 Å². The minimum atomic E-state index is -4.84. The summed E-state index contributed by atoms with van der Waals surface area (Å²) in [6, 6.07) is 9.24. The Hall–Kier alpha value is -2.56. The number of hydrogen-bond acceptors (Lipinski definition) is 6. The summed E-state index contributed by atoms with van der Waals surface area (Å²) in [5.74, 6) is -0.915. The first-order valence-electron chi connectivity index (χ1n) is 11.1. The SMILES string of the molecule is CC(C)(C)OC(=O)c1cccc(C(F)(F)F)c1C(O)Oc1ccc(B2OC(C)(C)C(C)(C)O2)cc1. The number of ether oxygens (including phenoxy) is 2. The third-order valence-corrected chi connectivity index (χ3v) is 5.93. The van der Waals surface area contributed by atoms with Crippen molar-refractivity contribution in [1.29, 1.82) is 0 Å². The Bertz CT molecular complexity index is 1060. The molecule has 1 atom stereocenters. The molecule has 1 fully saturated rings. The van der Waals surface area contributed by atoms with Crippen LogP contribution < -0.4 is 10.2 Å². The van der Waals surface area contributed by atoms with E-state index in [-0.39, 0.29) is 5.75 Å². The third kappa shape index (κ3) is 5.99. The standard InChI is InChI=1S/C25H30BF3O6/c1-22(2,3)33-20(30)17-9-8-10-18(25(27,28)29)19(17)21(31)32-16-13-11-15(12-14-16)26-34-23(4,5)24(6,7)35-26/h8-14,21,31H,1-7H3. The van der Waals surface area contributed by atoms with Crippen molar-refractivity contribution in [2.75, 3.05) is 0 Å². The van der Waals surface area contributed by atoms with Gasteiger partial charge in [-0.3, -0.25) is 0 Å².